The van der Waals surface area contributed by atoms with E-state index in [4.69, 9.17) is 0 Å². The Kier molecular flexibility index (Phi) is 8.46. The van der Waals surface area contributed by atoms with Gasteiger partial charge in [0.15, 0.2) is 5.96 Å². The van der Waals surface area contributed by atoms with E-state index in [1.54, 1.807) is 30.0 Å². The molecule has 6 nitrogen and oxygen atoms in total. The third-order valence-corrected chi connectivity index (χ3v) is 4.60. The molecule has 134 valence electrons. The average Bonchev–Trinajstić information content (AvgIpc) is 2.56. The number of carbonyl (C=O) groups is 1. The van der Waals surface area contributed by atoms with E-state index in [0.717, 1.165) is 12.5 Å². The van der Waals surface area contributed by atoms with E-state index in [1.165, 1.54) is 6.07 Å². The molecule has 0 aliphatic heterocycles. The Hall–Kier alpha value is -1.89. The van der Waals surface area contributed by atoms with Crippen LogP contribution in [0.25, 0.3) is 0 Å². The second kappa shape index (κ2) is 10.1. The van der Waals surface area contributed by atoms with Crippen LogP contribution in [0.15, 0.2) is 29.3 Å². The number of carbonyl (C=O) groups excluding carboxylic acids is 1. The van der Waals surface area contributed by atoms with E-state index >= 15 is 0 Å². The van der Waals surface area contributed by atoms with Crippen LogP contribution in [-0.2, 0) is 0 Å². The fourth-order valence-corrected chi connectivity index (χ4v) is 1.99. The molecular formula is C17H28N4O2S. The standard InChI is InChI=1S/C17H28N4O2S/c1-5-18-16(21-12-17(2,3)24-4)20-11-10-19-15(23)13-8-6-7-9-14(13)22/h6-9,22H,5,10-12H2,1-4H3,(H,19,23)(H2,18,20,21). The first-order chi connectivity index (χ1) is 11.4. The maximum absolute atomic E-state index is 12.0. The summed E-state index contributed by atoms with van der Waals surface area (Å²) in [5.74, 6) is 0.425. The Morgan fingerprint density at radius 2 is 1.88 bits per heavy atom. The highest BCUT2D eigenvalue weighted by atomic mass is 32.2. The molecular weight excluding hydrogens is 324 g/mol. The maximum Gasteiger partial charge on any atom is 0.255 e. The zero-order chi connectivity index (χ0) is 18.0. The molecule has 0 aliphatic carbocycles. The van der Waals surface area contributed by atoms with Crippen LogP contribution < -0.4 is 16.0 Å². The van der Waals surface area contributed by atoms with Gasteiger partial charge in [0.2, 0.25) is 0 Å². The fraction of sp³-hybridized carbons (Fsp3) is 0.529. The molecule has 1 aromatic rings. The summed E-state index contributed by atoms with van der Waals surface area (Å²) in [6.45, 7) is 8.77. The number of phenolic OH excluding ortho intramolecular Hbond substituents is 1. The Morgan fingerprint density at radius 3 is 2.50 bits per heavy atom. The van der Waals surface area contributed by atoms with Gasteiger partial charge in [0.25, 0.3) is 5.91 Å². The molecule has 0 aromatic heterocycles. The van der Waals surface area contributed by atoms with Crippen LogP contribution in [0.3, 0.4) is 0 Å². The topological polar surface area (TPSA) is 85.8 Å². The Labute approximate surface area is 148 Å². The van der Waals surface area contributed by atoms with Crippen molar-refractivity contribution in [2.75, 3.05) is 32.4 Å². The van der Waals surface area contributed by atoms with Gasteiger partial charge in [0.05, 0.1) is 12.1 Å². The number of para-hydroxylation sites is 1. The highest BCUT2D eigenvalue weighted by molar-refractivity contribution is 7.99. The molecule has 4 N–H and O–H groups in total. The largest absolute Gasteiger partial charge is 0.507 e. The summed E-state index contributed by atoms with van der Waals surface area (Å²) in [4.78, 5) is 16.6. The minimum Gasteiger partial charge on any atom is -0.507 e. The third-order valence-electron chi connectivity index (χ3n) is 3.37. The normalized spacial score (nSPS) is 11.9. The molecule has 0 spiro atoms. The Bertz CT molecular complexity index is 561. The lowest BCUT2D eigenvalue weighted by molar-refractivity contribution is 0.0951. The molecule has 1 amide bonds. The first kappa shape index (κ1) is 20.2. The second-order valence-corrected chi connectivity index (χ2v) is 7.37. The van der Waals surface area contributed by atoms with E-state index in [-0.39, 0.29) is 22.0 Å². The van der Waals surface area contributed by atoms with Gasteiger partial charge in [-0.3, -0.25) is 9.79 Å². The van der Waals surface area contributed by atoms with Gasteiger partial charge in [-0.15, -0.1) is 0 Å². The summed E-state index contributed by atoms with van der Waals surface area (Å²) in [5.41, 5.74) is 0.278. The lowest BCUT2D eigenvalue weighted by Gasteiger charge is -2.20. The number of hydrogen-bond acceptors (Lipinski definition) is 4. The van der Waals surface area contributed by atoms with Crippen molar-refractivity contribution in [2.24, 2.45) is 4.99 Å². The second-order valence-electron chi connectivity index (χ2n) is 5.86. The van der Waals surface area contributed by atoms with Crippen molar-refractivity contribution >= 4 is 23.6 Å². The zero-order valence-electron chi connectivity index (χ0n) is 14.8. The van der Waals surface area contributed by atoms with Gasteiger partial charge >= 0.3 is 0 Å². The van der Waals surface area contributed by atoms with Crippen LogP contribution >= 0.6 is 11.8 Å². The van der Waals surface area contributed by atoms with Gasteiger partial charge in [0, 0.05) is 24.4 Å². The number of aliphatic imine (C=N–C) groups is 1. The Balaban J connectivity index is 2.44. The minimum atomic E-state index is -0.291. The van der Waals surface area contributed by atoms with Gasteiger partial charge < -0.3 is 21.1 Å². The number of guanidine groups is 1. The monoisotopic (exact) mass is 352 g/mol. The smallest absolute Gasteiger partial charge is 0.255 e. The summed E-state index contributed by atoms with van der Waals surface area (Å²) in [5, 5.41) is 18.8. The molecule has 7 heteroatoms. The summed E-state index contributed by atoms with van der Waals surface area (Å²) < 4.78 is 0.0847. The minimum absolute atomic E-state index is 0.0165. The average molecular weight is 353 g/mol. The lowest BCUT2D eigenvalue weighted by atomic mass is 10.2. The van der Waals surface area contributed by atoms with Gasteiger partial charge in [-0.05, 0) is 39.2 Å². The molecule has 0 saturated heterocycles. The highest BCUT2D eigenvalue weighted by Crippen LogP contribution is 2.20. The van der Waals surface area contributed by atoms with E-state index in [2.05, 4.69) is 41.0 Å². The number of nitrogens with zero attached hydrogens (tertiary/aromatic N) is 1. The molecule has 0 unspecified atom stereocenters. The van der Waals surface area contributed by atoms with Crippen LogP contribution in [0.1, 0.15) is 31.1 Å². The van der Waals surface area contributed by atoms with Crippen LogP contribution in [0.4, 0.5) is 0 Å². The van der Waals surface area contributed by atoms with E-state index in [1.807, 2.05) is 6.92 Å². The van der Waals surface area contributed by atoms with E-state index < -0.39 is 0 Å². The van der Waals surface area contributed by atoms with Crippen molar-refractivity contribution in [2.45, 2.75) is 25.5 Å². The number of thioether (sulfide) groups is 1. The first-order valence-electron chi connectivity index (χ1n) is 8.03. The summed E-state index contributed by atoms with van der Waals surface area (Å²) >= 11 is 1.78. The molecule has 0 radical (unpaired) electrons. The quantitative estimate of drug-likeness (QED) is 0.326. The molecule has 0 fully saturated rings. The molecule has 24 heavy (non-hydrogen) atoms. The number of hydrogen-bond donors (Lipinski definition) is 4. The van der Waals surface area contributed by atoms with E-state index in [0.29, 0.717) is 19.6 Å². The van der Waals surface area contributed by atoms with Crippen LogP contribution in [0.2, 0.25) is 0 Å². The molecule has 1 rings (SSSR count). The molecule has 0 atom stereocenters. The molecule has 0 bridgehead atoms. The van der Waals surface area contributed by atoms with Crippen molar-refractivity contribution < 1.29 is 9.90 Å². The number of nitrogens with one attached hydrogen (secondary N) is 3. The molecule has 0 aliphatic rings. The van der Waals surface area contributed by atoms with Crippen molar-refractivity contribution in [3.8, 4) is 5.75 Å². The van der Waals surface area contributed by atoms with Gasteiger partial charge in [-0.1, -0.05) is 12.1 Å². The number of rotatable bonds is 8. The predicted molar refractivity (Wildman–Crippen MR) is 102 cm³/mol. The summed E-state index contributed by atoms with van der Waals surface area (Å²) in [6.07, 6.45) is 2.07. The Morgan fingerprint density at radius 1 is 1.21 bits per heavy atom. The number of phenols is 1. The number of benzene rings is 1. The summed E-state index contributed by atoms with van der Waals surface area (Å²) in [7, 11) is 0. The lowest BCUT2D eigenvalue weighted by Crippen LogP contribution is -2.42. The molecule has 1 aromatic carbocycles. The van der Waals surface area contributed by atoms with Crippen molar-refractivity contribution in [3.63, 3.8) is 0 Å². The van der Waals surface area contributed by atoms with Crippen molar-refractivity contribution in [3.05, 3.63) is 29.8 Å². The summed E-state index contributed by atoms with van der Waals surface area (Å²) in [6, 6.07) is 6.49. The SMILES string of the molecule is CCNC(=NCC(C)(C)SC)NCCNC(=O)c1ccccc1O. The first-order valence-corrected chi connectivity index (χ1v) is 9.25. The highest BCUT2D eigenvalue weighted by Gasteiger charge is 2.15. The molecule has 0 heterocycles. The van der Waals surface area contributed by atoms with Crippen LogP contribution in [0, 0.1) is 0 Å². The van der Waals surface area contributed by atoms with Gasteiger partial charge in [-0.2, -0.15) is 11.8 Å². The van der Waals surface area contributed by atoms with Crippen molar-refractivity contribution in [1.29, 1.82) is 0 Å². The van der Waals surface area contributed by atoms with Crippen molar-refractivity contribution in [1.82, 2.24) is 16.0 Å². The van der Waals surface area contributed by atoms with Crippen LogP contribution in [-0.4, -0.2) is 54.2 Å². The number of amides is 1. The molecule has 0 saturated carbocycles. The van der Waals surface area contributed by atoms with E-state index in [9.17, 15) is 9.90 Å². The fourth-order valence-electron chi connectivity index (χ4n) is 1.79. The van der Waals surface area contributed by atoms with Gasteiger partial charge in [-0.25, -0.2) is 0 Å². The van der Waals surface area contributed by atoms with Gasteiger partial charge in [0.1, 0.15) is 5.75 Å². The zero-order valence-corrected chi connectivity index (χ0v) is 15.7. The predicted octanol–water partition coefficient (Wildman–Crippen LogP) is 1.82. The maximum atomic E-state index is 12.0. The third kappa shape index (κ3) is 7.12. The van der Waals surface area contributed by atoms with Crippen LogP contribution in [0.5, 0.6) is 5.75 Å². The number of aromatic hydroxyl groups is 1.